The molecule has 18 heavy (non-hydrogen) atoms. The van der Waals surface area contributed by atoms with Gasteiger partial charge in [-0.25, -0.2) is 0 Å². The van der Waals surface area contributed by atoms with Crippen molar-refractivity contribution < 1.29 is 9.53 Å². The average molecular weight is 248 g/mol. The van der Waals surface area contributed by atoms with Crippen LogP contribution in [-0.4, -0.2) is 30.5 Å². The molecule has 1 unspecified atom stereocenters. The van der Waals surface area contributed by atoms with Crippen LogP contribution in [0.15, 0.2) is 18.2 Å². The van der Waals surface area contributed by atoms with Crippen LogP contribution in [0.5, 0.6) is 5.75 Å². The number of aryl methyl sites for hydroxylation is 1. The van der Waals surface area contributed by atoms with Crippen LogP contribution in [-0.2, 0) is 17.8 Å². The third-order valence-corrected chi connectivity index (χ3v) is 3.34. The van der Waals surface area contributed by atoms with Crippen molar-refractivity contribution in [2.75, 3.05) is 13.7 Å². The van der Waals surface area contributed by atoms with Crippen LogP contribution in [0.4, 0.5) is 0 Å². The van der Waals surface area contributed by atoms with Gasteiger partial charge in [0.15, 0.2) is 0 Å². The summed E-state index contributed by atoms with van der Waals surface area (Å²) < 4.78 is 5.30. The molecular formula is C14H20N2O2. The summed E-state index contributed by atoms with van der Waals surface area (Å²) >= 11 is 0. The van der Waals surface area contributed by atoms with Gasteiger partial charge in [0.25, 0.3) is 0 Å². The fourth-order valence-corrected chi connectivity index (χ4v) is 2.38. The van der Waals surface area contributed by atoms with Crippen LogP contribution < -0.4 is 10.5 Å². The number of hydrogen-bond donors (Lipinski definition) is 1. The normalized spacial score (nSPS) is 19.4. The first-order valence-electron chi connectivity index (χ1n) is 6.33. The van der Waals surface area contributed by atoms with Crippen molar-refractivity contribution in [3.63, 3.8) is 0 Å². The number of carbonyl (C=O) groups is 1. The zero-order valence-corrected chi connectivity index (χ0v) is 11.0. The lowest BCUT2D eigenvalue weighted by molar-refractivity contribution is -0.128. The maximum absolute atomic E-state index is 11.7. The minimum atomic E-state index is -0.0126. The fraction of sp³-hybridized carbons (Fsp3) is 0.500. The van der Waals surface area contributed by atoms with E-state index >= 15 is 0 Å². The van der Waals surface area contributed by atoms with E-state index in [1.165, 1.54) is 5.56 Å². The number of nitrogens with two attached hydrogens (primary N) is 1. The van der Waals surface area contributed by atoms with Gasteiger partial charge in [0.2, 0.25) is 5.91 Å². The molecule has 1 saturated heterocycles. The second kappa shape index (κ2) is 5.40. The van der Waals surface area contributed by atoms with Gasteiger partial charge in [0.05, 0.1) is 7.11 Å². The number of likely N-dealkylation sites (tertiary alicyclic amines) is 1. The number of hydrogen-bond acceptors (Lipinski definition) is 3. The number of benzene rings is 1. The quantitative estimate of drug-likeness (QED) is 0.874. The van der Waals surface area contributed by atoms with E-state index in [1.807, 2.05) is 17.0 Å². The second-order valence-electron chi connectivity index (χ2n) is 4.74. The van der Waals surface area contributed by atoms with Gasteiger partial charge in [-0.1, -0.05) is 19.1 Å². The van der Waals surface area contributed by atoms with Gasteiger partial charge < -0.3 is 15.4 Å². The zero-order chi connectivity index (χ0) is 13.1. The van der Waals surface area contributed by atoms with Crippen LogP contribution in [0.2, 0.25) is 0 Å². The standard InChI is InChI=1S/C14H20N2O2/c1-3-11-6-10(4-5-13(11)18-2)8-16-9-12(15)7-14(16)17/h4-6,12H,3,7-9,15H2,1-2H3. The van der Waals surface area contributed by atoms with E-state index in [1.54, 1.807) is 7.11 Å². The summed E-state index contributed by atoms with van der Waals surface area (Å²) in [5, 5.41) is 0. The molecule has 2 rings (SSSR count). The lowest BCUT2D eigenvalue weighted by atomic mass is 10.1. The minimum Gasteiger partial charge on any atom is -0.496 e. The smallest absolute Gasteiger partial charge is 0.224 e. The van der Waals surface area contributed by atoms with Gasteiger partial charge in [-0.3, -0.25) is 4.79 Å². The van der Waals surface area contributed by atoms with Crippen molar-refractivity contribution in [2.24, 2.45) is 5.73 Å². The predicted molar refractivity (Wildman–Crippen MR) is 70.4 cm³/mol. The molecule has 98 valence electrons. The lowest BCUT2D eigenvalue weighted by Crippen LogP contribution is -2.27. The number of rotatable bonds is 4. The average Bonchev–Trinajstić information content (AvgIpc) is 2.67. The molecule has 2 N–H and O–H groups in total. The maximum Gasteiger partial charge on any atom is 0.224 e. The molecule has 1 aliphatic heterocycles. The zero-order valence-electron chi connectivity index (χ0n) is 11.0. The van der Waals surface area contributed by atoms with Crippen molar-refractivity contribution in [3.8, 4) is 5.75 Å². The Kier molecular flexibility index (Phi) is 3.87. The summed E-state index contributed by atoms with van der Waals surface area (Å²) in [7, 11) is 1.68. The molecule has 1 fully saturated rings. The van der Waals surface area contributed by atoms with Crippen LogP contribution in [0.3, 0.4) is 0 Å². The molecule has 4 heteroatoms. The molecule has 4 nitrogen and oxygen atoms in total. The van der Waals surface area contributed by atoms with E-state index < -0.39 is 0 Å². The van der Waals surface area contributed by atoms with Crippen molar-refractivity contribution in [1.82, 2.24) is 4.90 Å². The van der Waals surface area contributed by atoms with Gasteiger partial charge in [0, 0.05) is 25.6 Å². The molecule has 1 aliphatic rings. The van der Waals surface area contributed by atoms with E-state index in [2.05, 4.69) is 13.0 Å². The number of amides is 1. The van der Waals surface area contributed by atoms with E-state index in [0.717, 1.165) is 17.7 Å². The summed E-state index contributed by atoms with van der Waals surface area (Å²) in [4.78, 5) is 13.5. The molecular weight excluding hydrogens is 228 g/mol. The van der Waals surface area contributed by atoms with Crippen molar-refractivity contribution in [2.45, 2.75) is 32.4 Å². The highest BCUT2D eigenvalue weighted by Gasteiger charge is 2.26. The molecule has 0 saturated carbocycles. The molecule has 1 heterocycles. The first-order chi connectivity index (χ1) is 8.63. The topological polar surface area (TPSA) is 55.6 Å². The monoisotopic (exact) mass is 248 g/mol. The van der Waals surface area contributed by atoms with E-state index in [4.69, 9.17) is 10.5 Å². The van der Waals surface area contributed by atoms with Crippen LogP contribution >= 0.6 is 0 Å². The molecule has 0 bridgehead atoms. The SMILES string of the molecule is CCc1cc(CN2CC(N)CC2=O)ccc1OC. The molecule has 0 radical (unpaired) electrons. The molecule has 1 aromatic carbocycles. The van der Waals surface area contributed by atoms with Gasteiger partial charge in [0.1, 0.15) is 5.75 Å². The predicted octanol–water partition coefficient (Wildman–Crippen LogP) is 1.32. The van der Waals surface area contributed by atoms with E-state index in [9.17, 15) is 4.79 Å². The van der Waals surface area contributed by atoms with Gasteiger partial charge in [-0.05, 0) is 23.6 Å². The highest BCUT2D eigenvalue weighted by atomic mass is 16.5. The molecule has 0 aliphatic carbocycles. The largest absolute Gasteiger partial charge is 0.496 e. The van der Waals surface area contributed by atoms with Crippen molar-refractivity contribution >= 4 is 5.91 Å². The van der Waals surface area contributed by atoms with Crippen molar-refractivity contribution in [1.29, 1.82) is 0 Å². The summed E-state index contributed by atoms with van der Waals surface area (Å²) in [5.41, 5.74) is 8.09. The highest BCUT2D eigenvalue weighted by molar-refractivity contribution is 5.79. The summed E-state index contributed by atoms with van der Waals surface area (Å²) in [5.74, 6) is 1.06. The second-order valence-corrected chi connectivity index (χ2v) is 4.74. The van der Waals surface area contributed by atoms with Gasteiger partial charge in [-0.2, -0.15) is 0 Å². The first kappa shape index (κ1) is 12.9. The van der Waals surface area contributed by atoms with Crippen molar-refractivity contribution in [3.05, 3.63) is 29.3 Å². The number of methoxy groups -OCH3 is 1. The Labute approximate surface area is 108 Å². The Balaban J connectivity index is 2.12. The van der Waals surface area contributed by atoms with Gasteiger partial charge >= 0.3 is 0 Å². The lowest BCUT2D eigenvalue weighted by Gasteiger charge is -2.17. The Morgan fingerprint density at radius 3 is 2.83 bits per heavy atom. The molecule has 1 aromatic rings. The Morgan fingerprint density at radius 1 is 1.50 bits per heavy atom. The van der Waals surface area contributed by atoms with E-state index in [0.29, 0.717) is 19.5 Å². The van der Waals surface area contributed by atoms with Crippen LogP contribution in [0, 0.1) is 0 Å². The third kappa shape index (κ3) is 2.64. The number of nitrogens with zero attached hydrogens (tertiary/aromatic N) is 1. The Bertz CT molecular complexity index is 445. The Hall–Kier alpha value is -1.55. The maximum atomic E-state index is 11.7. The highest BCUT2D eigenvalue weighted by Crippen LogP contribution is 2.22. The minimum absolute atomic E-state index is 0.0126. The van der Waals surface area contributed by atoms with Crippen LogP contribution in [0.25, 0.3) is 0 Å². The molecule has 0 aromatic heterocycles. The summed E-state index contributed by atoms with van der Waals surface area (Å²) in [6.07, 6.45) is 1.39. The molecule has 0 spiro atoms. The summed E-state index contributed by atoms with van der Waals surface area (Å²) in [6.45, 7) is 3.40. The number of ether oxygens (including phenoxy) is 1. The Morgan fingerprint density at radius 2 is 2.28 bits per heavy atom. The number of carbonyl (C=O) groups excluding carboxylic acids is 1. The van der Waals surface area contributed by atoms with Crippen LogP contribution in [0.1, 0.15) is 24.5 Å². The molecule has 1 atom stereocenters. The third-order valence-electron chi connectivity index (χ3n) is 3.34. The fourth-order valence-electron chi connectivity index (χ4n) is 2.38. The van der Waals surface area contributed by atoms with Gasteiger partial charge in [-0.15, -0.1) is 0 Å². The molecule has 1 amide bonds. The summed E-state index contributed by atoms with van der Waals surface area (Å²) in [6, 6.07) is 6.07. The van der Waals surface area contributed by atoms with E-state index in [-0.39, 0.29) is 11.9 Å². The first-order valence-corrected chi connectivity index (χ1v) is 6.33.